The van der Waals surface area contributed by atoms with Crippen LogP contribution in [-0.4, -0.2) is 17.8 Å². The van der Waals surface area contributed by atoms with E-state index in [1.165, 1.54) is 10.6 Å². The van der Waals surface area contributed by atoms with Gasteiger partial charge in [0.2, 0.25) is 0 Å². The van der Waals surface area contributed by atoms with Crippen LogP contribution in [0.2, 0.25) is 0 Å². The Hall–Kier alpha value is -0.540. The average Bonchev–Trinajstić information content (AvgIpc) is 2.46. The molecule has 13 heavy (non-hydrogen) atoms. The Morgan fingerprint density at radius 1 is 1.54 bits per heavy atom. The van der Waals surface area contributed by atoms with Crippen molar-refractivity contribution in [1.29, 1.82) is 0 Å². The normalized spacial score (nSPS) is 13.3. The van der Waals surface area contributed by atoms with E-state index < -0.39 is 0 Å². The van der Waals surface area contributed by atoms with E-state index in [2.05, 4.69) is 37.5 Å². The monoisotopic (exact) mass is 199 g/mol. The van der Waals surface area contributed by atoms with Crippen LogP contribution >= 0.6 is 11.3 Å². The molecule has 1 aromatic rings. The predicted octanol–water partition coefficient (Wildman–Crippen LogP) is 2.49. The standard InChI is InChI=1S/C10H17NOS/c1-7(2)9(6-12)11-10-8(3)4-5-13-10/h4-5,7,9,11-12H,6H2,1-3H3. The van der Waals surface area contributed by atoms with Crippen LogP contribution in [0.1, 0.15) is 19.4 Å². The molecule has 0 amide bonds. The third-order valence-electron chi connectivity index (χ3n) is 2.18. The summed E-state index contributed by atoms with van der Waals surface area (Å²) in [6.07, 6.45) is 0. The molecule has 74 valence electrons. The highest BCUT2D eigenvalue weighted by atomic mass is 32.1. The molecule has 0 saturated heterocycles. The molecule has 2 N–H and O–H groups in total. The van der Waals surface area contributed by atoms with Gasteiger partial charge in [0.05, 0.1) is 17.6 Å². The van der Waals surface area contributed by atoms with Crippen molar-refractivity contribution >= 4 is 16.3 Å². The lowest BCUT2D eigenvalue weighted by atomic mass is 10.1. The van der Waals surface area contributed by atoms with Crippen molar-refractivity contribution in [3.05, 3.63) is 17.0 Å². The first kappa shape index (κ1) is 10.5. The van der Waals surface area contributed by atoms with Crippen molar-refractivity contribution in [2.75, 3.05) is 11.9 Å². The third-order valence-corrected chi connectivity index (χ3v) is 3.13. The van der Waals surface area contributed by atoms with Gasteiger partial charge in [0.15, 0.2) is 0 Å². The fraction of sp³-hybridized carbons (Fsp3) is 0.600. The fourth-order valence-corrected chi connectivity index (χ4v) is 1.99. The number of anilines is 1. The highest BCUT2D eigenvalue weighted by Crippen LogP contribution is 2.23. The van der Waals surface area contributed by atoms with Crippen molar-refractivity contribution in [1.82, 2.24) is 0 Å². The first-order chi connectivity index (χ1) is 6.15. The van der Waals surface area contributed by atoms with Gasteiger partial charge in [-0.3, -0.25) is 0 Å². The van der Waals surface area contributed by atoms with Gasteiger partial charge in [-0.25, -0.2) is 0 Å². The number of hydrogen-bond acceptors (Lipinski definition) is 3. The topological polar surface area (TPSA) is 32.3 Å². The molecule has 0 fully saturated rings. The second-order valence-electron chi connectivity index (χ2n) is 3.61. The quantitative estimate of drug-likeness (QED) is 0.781. The Balaban J connectivity index is 2.62. The number of aliphatic hydroxyl groups is 1. The van der Waals surface area contributed by atoms with Crippen molar-refractivity contribution in [2.24, 2.45) is 5.92 Å². The first-order valence-corrected chi connectivity index (χ1v) is 5.44. The number of nitrogens with one attached hydrogen (secondary N) is 1. The Labute approximate surface area is 83.6 Å². The molecular formula is C10H17NOS. The van der Waals surface area contributed by atoms with Gasteiger partial charge in [-0.05, 0) is 29.9 Å². The van der Waals surface area contributed by atoms with Gasteiger partial charge in [0.25, 0.3) is 0 Å². The summed E-state index contributed by atoms with van der Waals surface area (Å²) in [6, 6.07) is 2.25. The molecule has 0 bridgehead atoms. The molecule has 0 aliphatic rings. The molecule has 1 atom stereocenters. The minimum absolute atomic E-state index is 0.164. The molecule has 1 heterocycles. The van der Waals surface area contributed by atoms with Crippen LogP contribution in [0.3, 0.4) is 0 Å². The van der Waals surface area contributed by atoms with Crippen molar-refractivity contribution < 1.29 is 5.11 Å². The second-order valence-corrected chi connectivity index (χ2v) is 4.53. The Morgan fingerprint density at radius 2 is 2.23 bits per heavy atom. The molecule has 0 aliphatic carbocycles. The molecule has 1 rings (SSSR count). The highest BCUT2D eigenvalue weighted by Gasteiger charge is 2.12. The third kappa shape index (κ3) is 2.71. The SMILES string of the molecule is Cc1ccsc1NC(CO)C(C)C. The zero-order chi connectivity index (χ0) is 9.84. The van der Waals surface area contributed by atoms with Crippen LogP contribution in [0.25, 0.3) is 0 Å². The summed E-state index contributed by atoms with van der Waals surface area (Å²) in [5.41, 5.74) is 1.25. The number of hydrogen-bond donors (Lipinski definition) is 2. The minimum Gasteiger partial charge on any atom is -0.394 e. The lowest BCUT2D eigenvalue weighted by Crippen LogP contribution is -2.29. The average molecular weight is 199 g/mol. The molecule has 1 unspecified atom stereocenters. The van der Waals surface area contributed by atoms with E-state index in [9.17, 15) is 0 Å². The maximum absolute atomic E-state index is 9.13. The number of thiophene rings is 1. The van der Waals surface area contributed by atoms with Crippen LogP contribution in [0.5, 0.6) is 0 Å². The van der Waals surface area contributed by atoms with E-state index in [1.807, 2.05) is 0 Å². The van der Waals surface area contributed by atoms with E-state index in [0.717, 1.165) is 0 Å². The molecule has 0 aliphatic heterocycles. The molecule has 2 nitrogen and oxygen atoms in total. The molecule has 3 heteroatoms. The van der Waals surface area contributed by atoms with Crippen LogP contribution in [-0.2, 0) is 0 Å². The minimum atomic E-state index is 0.164. The van der Waals surface area contributed by atoms with Gasteiger partial charge in [-0.1, -0.05) is 13.8 Å². The van der Waals surface area contributed by atoms with Crippen LogP contribution in [0.4, 0.5) is 5.00 Å². The van der Waals surface area contributed by atoms with E-state index in [1.54, 1.807) is 11.3 Å². The molecular weight excluding hydrogens is 182 g/mol. The molecule has 0 aromatic carbocycles. The van der Waals surface area contributed by atoms with Crippen LogP contribution in [0, 0.1) is 12.8 Å². The summed E-state index contributed by atoms with van der Waals surface area (Å²) in [7, 11) is 0. The maximum Gasteiger partial charge on any atom is 0.0915 e. The molecule has 0 saturated carbocycles. The number of aryl methyl sites for hydroxylation is 1. The zero-order valence-electron chi connectivity index (χ0n) is 8.37. The number of rotatable bonds is 4. The lowest BCUT2D eigenvalue weighted by Gasteiger charge is -2.20. The predicted molar refractivity (Wildman–Crippen MR) is 58.4 cm³/mol. The van der Waals surface area contributed by atoms with Crippen LogP contribution in [0.15, 0.2) is 11.4 Å². The van der Waals surface area contributed by atoms with Gasteiger partial charge in [0.1, 0.15) is 0 Å². The smallest absolute Gasteiger partial charge is 0.0915 e. The van der Waals surface area contributed by atoms with E-state index in [-0.39, 0.29) is 12.6 Å². The summed E-state index contributed by atoms with van der Waals surface area (Å²) in [6.45, 7) is 6.48. The second kappa shape index (κ2) is 4.63. The Morgan fingerprint density at radius 3 is 2.62 bits per heavy atom. The van der Waals surface area contributed by atoms with E-state index in [4.69, 9.17) is 5.11 Å². The summed E-state index contributed by atoms with van der Waals surface area (Å²) < 4.78 is 0. The molecule has 0 spiro atoms. The fourth-order valence-electron chi connectivity index (χ4n) is 1.11. The van der Waals surface area contributed by atoms with Gasteiger partial charge < -0.3 is 10.4 Å². The Kier molecular flexibility index (Phi) is 3.75. The Bertz CT molecular complexity index is 257. The van der Waals surface area contributed by atoms with Gasteiger partial charge in [-0.2, -0.15) is 0 Å². The van der Waals surface area contributed by atoms with Gasteiger partial charge in [-0.15, -0.1) is 11.3 Å². The van der Waals surface area contributed by atoms with E-state index in [0.29, 0.717) is 5.92 Å². The van der Waals surface area contributed by atoms with Crippen molar-refractivity contribution in [3.63, 3.8) is 0 Å². The van der Waals surface area contributed by atoms with Crippen LogP contribution < -0.4 is 5.32 Å². The first-order valence-electron chi connectivity index (χ1n) is 4.56. The summed E-state index contributed by atoms with van der Waals surface area (Å²) in [4.78, 5) is 0. The van der Waals surface area contributed by atoms with E-state index >= 15 is 0 Å². The molecule has 0 radical (unpaired) electrons. The van der Waals surface area contributed by atoms with Gasteiger partial charge >= 0.3 is 0 Å². The zero-order valence-corrected chi connectivity index (χ0v) is 9.19. The lowest BCUT2D eigenvalue weighted by molar-refractivity contribution is 0.249. The number of aliphatic hydroxyl groups excluding tert-OH is 1. The van der Waals surface area contributed by atoms with Crippen molar-refractivity contribution in [2.45, 2.75) is 26.8 Å². The summed E-state index contributed by atoms with van der Waals surface area (Å²) in [5, 5.41) is 15.7. The summed E-state index contributed by atoms with van der Waals surface area (Å²) >= 11 is 1.69. The maximum atomic E-state index is 9.13. The van der Waals surface area contributed by atoms with Gasteiger partial charge in [0, 0.05) is 0 Å². The van der Waals surface area contributed by atoms with Crippen molar-refractivity contribution in [3.8, 4) is 0 Å². The highest BCUT2D eigenvalue weighted by molar-refractivity contribution is 7.14. The summed E-state index contributed by atoms with van der Waals surface area (Å²) in [5.74, 6) is 0.450. The molecule has 1 aromatic heterocycles. The largest absolute Gasteiger partial charge is 0.394 e.